The molecule has 0 bridgehead atoms. The lowest BCUT2D eigenvalue weighted by Gasteiger charge is -2.35. The molecule has 0 saturated carbocycles. The van der Waals surface area contributed by atoms with Gasteiger partial charge in [0.05, 0.1) is 20.3 Å². The highest BCUT2D eigenvalue weighted by Gasteiger charge is 2.21. The molecule has 6 nitrogen and oxygen atoms in total. The molecule has 2 aliphatic heterocycles. The molecular formula is C22H35IN4O2. The fraction of sp³-hybridized carbons (Fsp3) is 0.591. The monoisotopic (exact) mass is 514 g/mol. The van der Waals surface area contributed by atoms with Gasteiger partial charge in [0.2, 0.25) is 0 Å². The largest absolute Gasteiger partial charge is 0.497 e. The first-order chi connectivity index (χ1) is 13.8. The van der Waals surface area contributed by atoms with Crippen molar-refractivity contribution in [3.63, 3.8) is 0 Å². The molecule has 2 aliphatic rings. The summed E-state index contributed by atoms with van der Waals surface area (Å²) in [4.78, 5) is 7.23. The van der Waals surface area contributed by atoms with Gasteiger partial charge < -0.3 is 25.0 Å². The van der Waals surface area contributed by atoms with Crippen molar-refractivity contribution in [2.45, 2.75) is 38.6 Å². The van der Waals surface area contributed by atoms with E-state index < -0.39 is 0 Å². The predicted octanol–water partition coefficient (Wildman–Crippen LogP) is 3.57. The zero-order valence-corrected chi connectivity index (χ0v) is 20.0. The van der Waals surface area contributed by atoms with Gasteiger partial charge in [-0.1, -0.05) is 17.7 Å². The molecular weight excluding hydrogens is 479 g/mol. The Labute approximate surface area is 192 Å². The second kappa shape index (κ2) is 13.0. The maximum absolute atomic E-state index is 5.38. The molecule has 3 rings (SSSR count). The van der Waals surface area contributed by atoms with Crippen LogP contribution in [0, 0.1) is 0 Å². The van der Waals surface area contributed by atoms with Crippen LogP contribution in [0.1, 0.15) is 32.6 Å². The average molecular weight is 514 g/mol. The van der Waals surface area contributed by atoms with Crippen molar-refractivity contribution in [3.8, 4) is 5.75 Å². The molecule has 1 unspecified atom stereocenters. The minimum atomic E-state index is 0. The molecule has 2 heterocycles. The van der Waals surface area contributed by atoms with E-state index in [9.17, 15) is 0 Å². The van der Waals surface area contributed by atoms with Crippen molar-refractivity contribution >= 4 is 35.6 Å². The van der Waals surface area contributed by atoms with Crippen LogP contribution in [0.4, 0.5) is 5.69 Å². The Balaban J connectivity index is 0.00000300. The zero-order valence-electron chi connectivity index (χ0n) is 17.7. The summed E-state index contributed by atoms with van der Waals surface area (Å²) >= 11 is 0. The third-order valence-corrected chi connectivity index (χ3v) is 5.29. The van der Waals surface area contributed by atoms with E-state index in [0.717, 1.165) is 70.4 Å². The lowest BCUT2D eigenvalue weighted by molar-refractivity contribution is 0.153. The van der Waals surface area contributed by atoms with Gasteiger partial charge >= 0.3 is 0 Å². The molecule has 0 radical (unpaired) electrons. The molecule has 1 saturated heterocycles. The fourth-order valence-electron chi connectivity index (χ4n) is 3.75. The van der Waals surface area contributed by atoms with E-state index in [2.05, 4.69) is 46.7 Å². The van der Waals surface area contributed by atoms with Crippen LogP contribution in [0.5, 0.6) is 5.75 Å². The van der Waals surface area contributed by atoms with E-state index in [4.69, 9.17) is 14.5 Å². The number of halogens is 1. The normalized spacial score (nSPS) is 19.8. The van der Waals surface area contributed by atoms with Crippen LogP contribution < -0.4 is 20.3 Å². The number of benzene rings is 1. The van der Waals surface area contributed by atoms with Gasteiger partial charge in [-0.25, -0.2) is 0 Å². The first-order valence-corrected chi connectivity index (χ1v) is 10.5. The van der Waals surface area contributed by atoms with Gasteiger partial charge in [-0.05, 0) is 44.7 Å². The van der Waals surface area contributed by atoms with Gasteiger partial charge in [-0.2, -0.15) is 0 Å². The molecule has 1 atom stereocenters. The Bertz CT molecular complexity index is 681. The number of hydrogen-bond acceptors (Lipinski definition) is 4. The first-order valence-electron chi connectivity index (χ1n) is 10.5. The van der Waals surface area contributed by atoms with Crippen LogP contribution in [-0.2, 0) is 4.74 Å². The Morgan fingerprint density at radius 2 is 2.28 bits per heavy atom. The van der Waals surface area contributed by atoms with Gasteiger partial charge in [-0.3, -0.25) is 4.99 Å². The highest BCUT2D eigenvalue weighted by molar-refractivity contribution is 14.0. The summed E-state index contributed by atoms with van der Waals surface area (Å²) in [5.41, 5.74) is 2.69. The number of ether oxygens (including phenoxy) is 2. The first kappa shape index (κ1) is 23.8. The Morgan fingerprint density at radius 1 is 1.38 bits per heavy atom. The highest BCUT2D eigenvalue weighted by Crippen LogP contribution is 2.24. The van der Waals surface area contributed by atoms with Crippen molar-refractivity contribution in [1.82, 2.24) is 10.6 Å². The SMILES string of the molecule is CCNC(=NCCC1=CCOCC1)NC1CCCN(c2cccc(OC)c2)C1.I. The minimum absolute atomic E-state index is 0. The van der Waals surface area contributed by atoms with Crippen molar-refractivity contribution in [3.05, 3.63) is 35.9 Å². The van der Waals surface area contributed by atoms with E-state index in [1.54, 1.807) is 7.11 Å². The standard InChI is InChI=1S/C22H34N4O2.HI/c1-3-23-22(24-12-9-18-10-14-28-15-11-18)25-19-6-5-13-26(17-19)20-7-4-8-21(16-20)27-2;/h4,7-8,10,16,19H,3,5-6,9,11-15,17H2,1-2H3,(H2,23,24,25);1H. The molecule has 1 aromatic carbocycles. The molecule has 7 heteroatoms. The van der Waals surface area contributed by atoms with E-state index in [1.165, 1.54) is 17.7 Å². The molecule has 0 amide bonds. The summed E-state index contributed by atoms with van der Waals surface area (Å²) < 4.78 is 10.8. The quantitative estimate of drug-likeness (QED) is 0.252. The van der Waals surface area contributed by atoms with Gasteiger partial charge in [0.15, 0.2) is 5.96 Å². The lowest BCUT2D eigenvalue weighted by atomic mass is 10.0. The maximum atomic E-state index is 5.38. The average Bonchev–Trinajstić information content (AvgIpc) is 2.75. The molecule has 1 aromatic rings. The molecule has 2 N–H and O–H groups in total. The van der Waals surface area contributed by atoms with Crippen LogP contribution >= 0.6 is 24.0 Å². The third-order valence-electron chi connectivity index (χ3n) is 5.29. The van der Waals surface area contributed by atoms with Crippen molar-refractivity contribution in [2.24, 2.45) is 4.99 Å². The number of nitrogens with one attached hydrogen (secondary N) is 2. The van der Waals surface area contributed by atoms with Crippen molar-refractivity contribution in [2.75, 3.05) is 51.4 Å². The lowest BCUT2D eigenvalue weighted by Crippen LogP contribution is -2.51. The van der Waals surface area contributed by atoms with Gasteiger partial charge in [0.1, 0.15) is 5.75 Å². The van der Waals surface area contributed by atoms with E-state index in [1.807, 2.05) is 6.07 Å². The number of hydrogen-bond donors (Lipinski definition) is 2. The Kier molecular flexibility index (Phi) is 10.6. The number of rotatable bonds is 7. The van der Waals surface area contributed by atoms with Crippen molar-refractivity contribution in [1.29, 1.82) is 0 Å². The van der Waals surface area contributed by atoms with E-state index in [0.29, 0.717) is 6.04 Å². The summed E-state index contributed by atoms with van der Waals surface area (Å²) in [5, 5.41) is 7.04. The molecule has 162 valence electrons. The van der Waals surface area contributed by atoms with Crippen LogP contribution in [0.15, 0.2) is 40.9 Å². The number of piperidine rings is 1. The van der Waals surface area contributed by atoms with Crippen LogP contribution in [0.2, 0.25) is 0 Å². The van der Waals surface area contributed by atoms with Gasteiger partial charge in [0.25, 0.3) is 0 Å². The summed E-state index contributed by atoms with van der Waals surface area (Å²) in [6, 6.07) is 8.71. The van der Waals surface area contributed by atoms with Crippen LogP contribution in [0.3, 0.4) is 0 Å². The predicted molar refractivity (Wildman–Crippen MR) is 131 cm³/mol. The number of anilines is 1. The maximum Gasteiger partial charge on any atom is 0.191 e. The van der Waals surface area contributed by atoms with Crippen molar-refractivity contribution < 1.29 is 9.47 Å². The fourth-order valence-corrected chi connectivity index (χ4v) is 3.75. The summed E-state index contributed by atoms with van der Waals surface area (Å²) in [5.74, 6) is 1.83. The second-order valence-electron chi connectivity index (χ2n) is 7.33. The van der Waals surface area contributed by atoms with Gasteiger partial charge in [0, 0.05) is 44.0 Å². The zero-order chi connectivity index (χ0) is 19.6. The molecule has 0 spiro atoms. The van der Waals surface area contributed by atoms with E-state index in [-0.39, 0.29) is 24.0 Å². The van der Waals surface area contributed by atoms with Gasteiger partial charge in [-0.15, -0.1) is 24.0 Å². The van der Waals surface area contributed by atoms with Crippen LogP contribution in [-0.4, -0.2) is 58.5 Å². The number of methoxy groups -OCH3 is 1. The Hall–Kier alpha value is -1.48. The topological polar surface area (TPSA) is 58.1 Å². The highest BCUT2D eigenvalue weighted by atomic mass is 127. The van der Waals surface area contributed by atoms with Crippen LogP contribution in [0.25, 0.3) is 0 Å². The molecule has 0 aromatic heterocycles. The Morgan fingerprint density at radius 3 is 3.03 bits per heavy atom. The summed E-state index contributed by atoms with van der Waals surface area (Å²) in [6.45, 7) is 7.44. The van der Waals surface area contributed by atoms with E-state index >= 15 is 0 Å². The number of guanidine groups is 1. The second-order valence-corrected chi connectivity index (χ2v) is 7.33. The minimum Gasteiger partial charge on any atom is -0.497 e. The third kappa shape index (κ3) is 7.70. The summed E-state index contributed by atoms with van der Waals surface area (Å²) in [6.07, 6.45) is 6.58. The number of aliphatic imine (C=N–C) groups is 1. The molecule has 29 heavy (non-hydrogen) atoms. The molecule has 0 aliphatic carbocycles. The number of nitrogens with zero attached hydrogens (tertiary/aromatic N) is 2. The smallest absolute Gasteiger partial charge is 0.191 e. The summed E-state index contributed by atoms with van der Waals surface area (Å²) in [7, 11) is 1.72. The molecule has 1 fully saturated rings.